The molecule has 0 unspecified atom stereocenters. The third-order valence-electron chi connectivity index (χ3n) is 2.13. The van der Waals surface area contributed by atoms with Crippen molar-refractivity contribution in [2.24, 2.45) is 0 Å². The van der Waals surface area contributed by atoms with Crippen molar-refractivity contribution in [1.82, 2.24) is 4.98 Å². The lowest BCUT2D eigenvalue weighted by Crippen LogP contribution is -1.99. The van der Waals surface area contributed by atoms with Gasteiger partial charge in [0.1, 0.15) is 6.26 Å². The van der Waals surface area contributed by atoms with Crippen LogP contribution in [0.5, 0.6) is 5.75 Å². The maximum atomic E-state index is 13.6. The molecule has 0 fully saturated rings. The quantitative estimate of drug-likeness (QED) is 0.843. The molecule has 1 heterocycles. The minimum Gasteiger partial charge on any atom is -0.490 e. The van der Waals surface area contributed by atoms with Crippen LogP contribution in [-0.4, -0.2) is 11.6 Å². The number of ether oxygens (including phenoxy) is 1. The Hall–Kier alpha value is -1.69. The second kappa shape index (κ2) is 5.77. The minimum absolute atomic E-state index is 0.195. The average Bonchev–Trinajstić information content (AvgIpc) is 2.84. The normalized spacial score (nSPS) is 10.6. The Kier molecular flexibility index (Phi) is 4.09. The van der Waals surface area contributed by atoms with Gasteiger partial charge in [0, 0.05) is 16.6 Å². The van der Waals surface area contributed by atoms with E-state index in [-0.39, 0.29) is 5.75 Å². The zero-order valence-electron chi connectivity index (χ0n) is 9.85. The summed E-state index contributed by atoms with van der Waals surface area (Å²) in [4.78, 5) is 4.63. The summed E-state index contributed by atoms with van der Waals surface area (Å²) in [6.45, 7) is 2.42. The molecule has 0 saturated heterocycles. The molecule has 0 aliphatic rings. The molecule has 0 bridgehead atoms. The first-order valence-electron chi connectivity index (χ1n) is 5.50. The van der Waals surface area contributed by atoms with Crippen molar-refractivity contribution in [3.8, 4) is 5.75 Å². The van der Waals surface area contributed by atoms with E-state index >= 15 is 0 Å². The standard InChI is InChI=1S/C12H13FN2O2S/c1-2-4-16-10-7-11(9(14)6-8(10)13)18-12-15-3-5-17-12/h3,5-7H,2,4,14H2,1H3. The highest BCUT2D eigenvalue weighted by Crippen LogP contribution is 2.35. The van der Waals surface area contributed by atoms with Gasteiger partial charge in [0.15, 0.2) is 11.6 Å². The summed E-state index contributed by atoms with van der Waals surface area (Å²) < 4.78 is 24.0. The largest absolute Gasteiger partial charge is 0.490 e. The summed E-state index contributed by atoms with van der Waals surface area (Å²) in [7, 11) is 0. The van der Waals surface area contributed by atoms with E-state index in [1.807, 2.05) is 6.92 Å². The van der Waals surface area contributed by atoms with E-state index in [0.29, 0.717) is 22.4 Å². The first kappa shape index (κ1) is 12.8. The van der Waals surface area contributed by atoms with Gasteiger partial charge < -0.3 is 14.9 Å². The third kappa shape index (κ3) is 2.95. The maximum absolute atomic E-state index is 13.6. The van der Waals surface area contributed by atoms with Crippen molar-refractivity contribution < 1.29 is 13.5 Å². The number of nitrogen functional groups attached to an aromatic ring is 1. The Balaban J connectivity index is 2.23. The second-order valence-corrected chi connectivity index (χ2v) is 4.56. The Bertz CT molecular complexity index is 517. The first-order chi connectivity index (χ1) is 8.70. The number of benzene rings is 1. The number of oxazole rings is 1. The number of halogens is 1. The summed E-state index contributed by atoms with van der Waals surface area (Å²) >= 11 is 1.23. The zero-order chi connectivity index (χ0) is 13.0. The fraction of sp³-hybridized carbons (Fsp3) is 0.250. The molecule has 1 aromatic heterocycles. The van der Waals surface area contributed by atoms with E-state index < -0.39 is 5.82 Å². The lowest BCUT2D eigenvalue weighted by molar-refractivity contribution is 0.300. The molecule has 18 heavy (non-hydrogen) atoms. The van der Waals surface area contributed by atoms with Gasteiger partial charge in [0.05, 0.1) is 12.8 Å². The van der Waals surface area contributed by atoms with Gasteiger partial charge in [-0.3, -0.25) is 0 Å². The second-order valence-electron chi connectivity index (χ2n) is 3.57. The summed E-state index contributed by atoms with van der Waals surface area (Å²) in [5.74, 6) is -0.266. The number of hydrogen-bond acceptors (Lipinski definition) is 5. The van der Waals surface area contributed by atoms with E-state index in [0.717, 1.165) is 6.42 Å². The van der Waals surface area contributed by atoms with Crippen LogP contribution in [0.4, 0.5) is 10.1 Å². The Labute approximate surface area is 108 Å². The number of nitrogens with two attached hydrogens (primary N) is 1. The van der Waals surface area contributed by atoms with E-state index in [1.165, 1.54) is 30.3 Å². The van der Waals surface area contributed by atoms with E-state index in [2.05, 4.69) is 4.98 Å². The molecule has 6 heteroatoms. The summed E-state index contributed by atoms with van der Waals surface area (Å²) in [5.41, 5.74) is 6.08. The highest BCUT2D eigenvalue weighted by molar-refractivity contribution is 7.99. The highest BCUT2D eigenvalue weighted by atomic mass is 32.2. The van der Waals surface area contributed by atoms with E-state index in [9.17, 15) is 4.39 Å². The van der Waals surface area contributed by atoms with Gasteiger partial charge in [-0.2, -0.15) is 0 Å². The lowest BCUT2D eigenvalue weighted by atomic mass is 10.3. The lowest BCUT2D eigenvalue weighted by Gasteiger charge is -2.09. The fourth-order valence-electron chi connectivity index (χ4n) is 1.32. The van der Waals surface area contributed by atoms with Gasteiger partial charge in [-0.25, -0.2) is 9.37 Å². The minimum atomic E-state index is -0.460. The molecule has 1 aromatic carbocycles. The number of anilines is 1. The predicted molar refractivity (Wildman–Crippen MR) is 67.2 cm³/mol. The molecule has 96 valence electrons. The molecule has 0 aliphatic carbocycles. The van der Waals surface area contributed by atoms with Crippen LogP contribution in [-0.2, 0) is 0 Å². The molecule has 0 saturated carbocycles. The number of hydrogen-bond donors (Lipinski definition) is 1. The van der Waals surface area contributed by atoms with Crippen LogP contribution in [0.2, 0.25) is 0 Å². The van der Waals surface area contributed by atoms with Crippen molar-refractivity contribution in [3.05, 3.63) is 30.4 Å². The van der Waals surface area contributed by atoms with Gasteiger partial charge in [0.2, 0.25) is 0 Å². The van der Waals surface area contributed by atoms with Gasteiger partial charge >= 0.3 is 0 Å². The molecule has 0 radical (unpaired) electrons. The van der Waals surface area contributed by atoms with Crippen molar-refractivity contribution in [1.29, 1.82) is 0 Å². The molecule has 2 N–H and O–H groups in total. The molecule has 0 spiro atoms. The molecule has 2 aromatic rings. The van der Waals surface area contributed by atoms with Crippen LogP contribution < -0.4 is 10.5 Å². The van der Waals surface area contributed by atoms with Gasteiger partial charge in [0.25, 0.3) is 5.22 Å². The highest BCUT2D eigenvalue weighted by Gasteiger charge is 2.12. The molecule has 4 nitrogen and oxygen atoms in total. The summed E-state index contributed by atoms with van der Waals surface area (Å²) in [5, 5.41) is 0.453. The van der Waals surface area contributed by atoms with Crippen LogP contribution in [0.3, 0.4) is 0 Å². The van der Waals surface area contributed by atoms with Crippen LogP contribution in [0.25, 0.3) is 0 Å². The van der Waals surface area contributed by atoms with Crippen molar-refractivity contribution in [2.45, 2.75) is 23.5 Å². The van der Waals surface area contributed by atoms with E-state index in [1.54, 1.807) is 6.07 Å². The fourth-order valence-corrected chi connectivity index (χ4v) is 2.06. The maximum Gasteiger partial charge on any atom is 0.260 e. The molecule has 2 rings (SSSR count). The summed E-state index contributed by atoms with van der Waals surface area (Å²) in [6, 6.07) is 2.81. The van der Waals surface area contributed by atoms with Gasteiger partial charge in [-0.1, -0.05) is 6.92 Å². The topological polar surface area (TPSA) is 61.3 Å². The Morgan fingerprint density at radius 3 is 3.00 bits per heavy atom. The zero-order valence-corrected chi connectivity index (χ0v) is 10.7. The molecule has 0 aliphatic heterocycles. The summed E-state index contributed by atoms with van der Waals surface area (Å²) in [6.07, 6.45) is 3.82. The van der Waals surface area contributed by atoms with Crippen LogP contribution in [0.15, 0.2) is 39.1 Å². The smallest absolute Gasteiger partial charge is 0.260 e. The van der Waals surface area contributed by atoms with Crippen molar-refractivity contribution in [2.75, 3.05) is 12.3 Å². The van der Waals surface area contributed by atoms with Gasteiger partial charge in [-0.05, 0) is 24.2 Å². The van der Waals surface area contributed by atoms with Crippen LogP contribution in [0.1, 0.15) is 13.3 Å². The Morgan fingerprint density at radius 2 is 2.33 bits per heavy atom. The van der Waals surface area contributed by atoms with Gasteiger partial charge in [-0.15, -0.1) is 0 Å². The third-order valence-corrected chi connectivity index (χ3v) is 3.08. The molecule has 0 amide bonds. The van der Waals surface area contributed by atoms with Crippen LogP contribution >= 0.6 is 11.8 Å². The monoisotopic (exact) mass is 268 g/mol. The molecular formula is C12H13FN2O2S. The van der Waals surface area contributed by atoms with Crippen molar-refractivity contribution in [3.63, 3.8) is 0 Å². The van der Waals surface area contributed by atoms with Crippen molar-refractivity contribution >= 4 is 17.4 Å². The molecule has 0 atom stereocenters. The van der Waals surface area contributed by atoms with Crippen LogP contribution in [0, 0.1) is 5.82 Å². The number of rotatable bonds is 5. The SMILES string of the molecule is CCCOc1cc(Sc2ncco2)c(N)cc1F. The number of nitrogens with zero attached hydrogens (tertiary/aromatic N) is 1. The Morgan fingerprint density at radius 1 is 1.50 bits per heavy atom. The van der Waals surface area contributed by atoms with E-state index in [4.69, 9.17) is 14.9 Å². The molecular weight excluding hydrogens is 255 g/mol. The average molecular weight is 268 g/mol. The first-order valence-corrected chi connectivity index (χ1v) is 6.31. The predicted octanol–water partition coefficient (Wildman–Crippen LogP) is 3.34. The number of aromatic nitrogens is 1.